The Labute approximate surface area is 130 Å². The van der Waals surface area contributed by atoms with Gasteiger partial charge in [0.05, 0.1) is 12.3 Å². The molecule has 1 aromatic rings. The van der Waals surface area contributed by atoms with Crippen molar-refractivity contribution in [2.24, 2.45) is 11.8 Å². The van der Waals surface area contributed by atoms with Crippen LogP contribution in [0.3, 0.4) is 0 Å². The summed E-state index contributed by atoms with van der Waals surface area (Å²) >= 11 is 0. The van der Waals surface area contributed by atoms with Gasteiger partial charge in [0.1, 0.15) is 11.6 Å². The van der Waals surface area contributed by atoms with E-state index >= 15 is 0 Å². The molecule has 1 saturated heterocycles. The Morgan fingerprint density at radius 2 is 2.18 bits per heavy atom. The normalized spacial score (nSPS) is 20.9. The minimum Gasteiger partial charge on any atom is -0.491 e. The van der Waals surface area contributed by atoms with Crippen LogP contribution < -0.4 is 15.4 Å². The van der Waals surface area contributed by atoms with Gasteiger partial charge in [-0.25, -0.2) is 4.39 Å². The Kier molecular flexibility index (Phi) is 4.93. The Balaban J connectivity index is 1.53. The van der Waals surface area contributed by atoms with Gasteiger partial charge < -0.3 is 15.4 Å². The average molecular weight is 306 g/mol. The molecule has 1 heterocycles. The van der Waals surface area contributed by atoms with Crippen molar-refractivity contribution < 1.29 is 13.9 Å². The molecule has 22 heavy (non-hydrogen) atoms. The maximum absolute atomic E-state index is 13.4. The van der Waals surface area contributed by atoms with E-state index in [1.807, 2.05) is 0 Å². The fourth-order valence-electron chi connectivity index (χ4n) is 2.72. The molecule has 0 bridgehead atoms. The lowest BCUT2D eigenvalue weighted by Gasteiger charge is -2.13. The van der Waals surface area contributed by atoms with Crippen molar-refractivity contribution in [1.82, 2.24) is 5.32 Å². The summed E-state index contributed by atoms with van der Waals surface area (Å²) in [5.41, 5.74) is 0.566. The van der Waals surface area contributed by atoms with Crippen molar-refractivity contribution in [1.29, 1.82) is 0 Å². The summed E-state index contributed by atoms with van der Waals surface area (Å²) in [4.78, 5) is 12.1. The third-order valence-corrected chi connectivity index (χ3v) is 4.33. The molecular weight excluding hydrogens is 283 g/mol. The van der Waals surface area contributed by atoms with Gasteiger partial charge in [-0.05, 0) is 62.7 Å². The smallest absolute Gasteiger partial charge is 0.224 e. The molecule has 2 aliphatic rings. The Hall–Kier alpha value is -1.62. The van der Waals surface area contributed by atoms with Crippen LogP contribution in [0.15, 0.2) is 18.2 Å². The van der Waals surface area contributed by atoms with Crippen LogP contribution in [-0.4, -0.2) is 25.6 Å². The van der Waals surface area contributed by atoms with Gasteiger partial charge in [0.15, 0.2) is 0 Å². The molecule has 1 aromatic carbocycles. The molecule has 0 aromatic heterocycles. The molecule has 1 unspecified atom stereocenters. The number of carbonyl (C=O) groups is 1. The third-order valence-electron chi connectivity index (χ3n) is 4.33. The molecule has 1 saturated carbocycles. The minimum atomic E-state index is -0.346. The van der Waals surface area contributed by atoms with Crippen molar-refractivity contribution in [2.75, 3.05) is 25.0 Å². The standard InChI is InChI=1S/C17H23FN2O2/c18-14-4-5-15(16(9-14)22-11-13-1-2-13)20-17(21)6-3-12-7-8-19-10-12/h4-5,9,12-13,19H,1-3,6-8,10-11H2,(H,20,21). The highest BCUT2D eigenvalue weighted by molar-refractivity contribution is 5.92. The summed E-state index contributed by atoms with van der Waals surface area (Å²) in [6, 6.07) is 4.27. The van der Waals surface area contributed by atoms with Crippen LogP contribution in [0.2, 0.25) is 0 Å². The van der Waals surface area contributed by atoms with Crippen LogP contribution in [0.5, 0.6) is 5.75 Å². The molecule has 1 amide bonds. The molecular formula is C17H23FN2O2. The Morgan fingerprint density at radius 3 is 2.91 bits per heavy atom. The lowest BCUT2D eigenvalue weighted by molar-refractivity contribution is -0.116. The summed E-state index contributed by atoms with van der Waals surface area (Å²) in [7, 11) is 0. The molecule has 5 heteroatoms. The van der Waals surface area contributed by atoms with Gasteiger partial charge >= 0.3 is 0 Å². The van der Waals surface area contributed by atoms with Crippen LogP contribution in [0.1, 0.15) is 32.1 Å². The fraction of sp³-hybridized carbons (Fsp3) is 0.588. The number of hydrogen-bond donors (Lipinski definition) is 2. The molecule has 3 rings (SSSR count). The van der Waals surface area contributed by atoms with E-state index in [1.54, 1.807) is 6.07 Å². The Morgan fingerprint density at radius 1 is 1.32 bits per heavy atom. The van der Waals surface area contributed by atoms with Gasteiger partial charge in [-0.1, -0.05) is 0 Å². The molecule has 120 valence electrons. The second-order valence-electron chi connectivity index (χ2n) is 6.34. The highest BCUT2D eigenvalue weighted by Gasteiger charge is 2.23. The van der Waals surface area contributed by atoms with E-state index in [-0.39, 0.29) is 11.7 Å². The maximum Gasteiger partial charge on any atom is 0.224 e. The molecule has 1 aliphatic carbocycles. The van der Waals surface area contributed by atoms with Crippen LogP contribution in [0, 0.1) is 17.7 Å². The minimum absolute atomic E-state index is 0.0326. The summed E-state index contributed by atoms with van der Waals surface area (Å²) < 4.78 is 19.0. The van der Waals surface area contributed by atoms with E-state index < -0.39 is 0 Å². The first-order valence-electron chi connectivity index (χ1n) is 8.13. The van der Waals surface area contributed by atoms with E-state index in [0.29, 0.717) is 36.3 Å². The molecule has 0 radical (unpaired) electrons. The molecule has 1 aliphatic heterocycles. The summed E-state index contributed by atoms with van der Waals surface area (Å²) in [6.45, 7) is 2.64. The predicted molar refractivity (Wildman–Crippen MR) is 83.5 cm³/mol. The fourth-order valence-corrected chi connectivity index (χ4v) is 2.72. The van der Waals surface area contributed by atoms with Gasteiger partial charge in [-0.15, -0.1) is 0 Å². The maximum atomic E-state index is 13.4. The van der Waals surface area contributed by atoms with Crippen molar-refractivity contribution in [3.05, 3.63) is 24.0 Å². The number of hydrogen-bond acceptors (Lipinski definition) is 3. The van der Waals surface area contributed by atoms with E-state index in [9.17, 15) is 9.18 Å². The van der Waals surface area contributed by atoms with Crippen molar-refractivity contribution in [3.63, 3.8) is 0 Å². The SMILES string of the molecule is O=C(CCC1CCNC1)Nc1ccc(F)cc1OCC1CC1. The first-order valence-corrected chi connectivity index (χ1v) is 8.13. The van der Waals surface area contributed by atoms with Crippen LogP contribution in [-0.2, 0) is 4.79 Å². The van der Waals surface area contributed by atoms with Crippen molar-refractivity contribution >= 4 is 11.6 Å². The highest BCUT2D eigenvalue weighted by Crippen LogP contribution is 2.32. The monoisotopic (exact) mass is 306 g/mol. The molecule has 2 N–H and O–H groups in total. The molecule has 1 atom stereocenters. The summed E-state index contributed by atoms with van der Waals surface area (Å²) in [5, 5.41) is 6.16. The number of carbonyl (C=O) groups excluding carboxylic acids is 1. The molecule has 2 fully saturated rings. The zero-order chi connectivity index (χ0) is 15.4. The van der Waals surface area contributed by atoms with E-state index in [2.05, 4.69) is 10.6 Å². The predicted octanol–water partition coefficient (Wildman–Crippen LogP) is 2.94. The van der Waals surface area contributed by atoms with Gasteiger partial charge in [0.2, 0.25) is 5.91 Å². The molecule has 4 nitrogen and oxygen atoms in total. The lowest BCUT2D eigenvalue weighted by atomic mass is 10.0. The van der Waals surface area contributed by atoms with Crippen LogP contribution in [0.25, 0.3) is 0 Å². The van der Waals surface area contributed by atoms with Crippen LogP contribution >= 0.6 is 0 Å². The van der Waals surface area contributed by atoms with Crippen LogP contribution in [0.4, 0.5) is 10.1 Å². The number of benzene rings is 1. The summed E-state index contributed by atoms with van der Waals surface area (Å²) in [5.74, 6) is 1.23. The second-order valence-corrected chi connectivity index (χ2v) is 6.34. The third kappa shape index (κ3) is 4.44. The number of anilines is 1. The number of rotatable bonds is 7. The van der Waals surface area contributed by atoms with E-state index in [0.717, 1.165) is 25.9 Å². The quantitative estimate of drug-likeness (QED) is 0.814. The van der Waals surface area contributed by atoms with Gasteiger partial charge in [0.25, 0.3) is 0 Å². The number of nitrogens with one attached hydrogen (secondary N) is 2. The zero-order valence-corrected chi connectivity index (χ0v) is 12.7. The number of ether oxygens (including phenoxy) is 1. The topological polar surface area (TPSA) is 50.4 Å². The zero-order valence-electron chi connectivity index (χ0n) is 12.7. The lowest BCUT2D eigenvalue weighted by Crippen LogP contribution is -2.16. The van der Waals surface area contributed by atoms with Crippen molar-refractivity contribution in [3.8, 4) is 5.75 Å². The summed E-state index contributed by atoms with van der Waals surface area (Å²) in [6.07, 6.45) is 4.86. The van der Waals surface area contributed by atoms with Crippen molar-refractivity contribution in [2.45, 2.75) is 32.1 Å². The second kappa shape index (κ2) is 7.09. The number of halogens is 1. The molecule has 0 spiro atoms. The van der Waals surface area contributed by atoms with Gasteiger partial charge in [0, 0.05) is 12.5 Å². The first-order chi connectivity index (χ1) is 10.7. The average Bonchev–Trinajstić information content (AvgIpc) is 3.19. The highest BCUT2D eigenvalue weighted by atomic mass is 19.1. The largest absolute Gasteiger partial charge is 0.491 e. The number of amides is 1. The first kappa shape index (κ1) is 15.3. The van der Waals surface area contributed by atoms with Gasteiger partial charge in [-0.3, -0.25) is 4.79 Å². The van der Waals surface area contributed by atoms with E-state index in [4.69, 9.17) is 4.74 Å². The van der Waals surface area contributed by atoms with Gasteiger partial charge in [-0.2, -0.15) is 0 Å². The Bertz CT molecular complexity index is 525. The van der Waals surface area contributed by atoms with E-state index in [1.165, 1.54) is 25.0 Å².